The molecule has 3 aromatic rings. The van der Waals surface area contributed by atoms with E-state index in [-0.39, 0.29) is 17.7 Å². The molecule has 1 aliphatic heterocycles. The van der Waals surface area contributed by atoms with Gasteiger partial charge in [0.25, 0.3) is 0 Å². The lowest BCUT2D eigenvalue weighted by Gasteiger charge is -2.17. The van der Waals surface area contributed by atoms with E-state index >= 15 is 0 Å². The number of H-pyrrole nitrogens is 1. The second-order valence-corrected chi connectivity index (χ2v) is 6.33. The Balaban J connectivity index is 1.51. The number of aromatic nitrogens is 4. The third-order valence-electron chi connectivity index (χ3n) is 4.61. The van der Waals surface area contributed by atoms with Crippen molar-refractivity contribution in [2.24, 2.45) is 13.0 Å². The fourth-order valence-electron chi connectivity index (χ4n) is 3.34. The molecule has 128 valence electrons. The quantitative estimate of drug-likeness (QED) is 0.677. The van der Waals surface area contributed by atoms with Gasteiger partial charge in [0.15, 0.2) is 0 Å². The molecule has 0 unspecified atom stereocenters. The van der Waals surface area contributed by atoms with Gasteiger partial charge in [0.05, 0.1) is 12.1 Å². The van der Waals surface area contributed by atoms with Crippen LogP contribution < -0.4 is 10.6 Å². The monoisotopic (exact) mass is 336 g/mol. The third kappa shape index (κ3) is 3.18. The van der Waals surface area contributed by atoms with Crippen LogP contribution in [0.2, 0.25) is 0 Å². The maximum atomic E-state index is 12.8. The van der Waals surface area contributed by atoms with Crippen LogP contribution in [0, 0.1) is 5.92 Å². The minimum atomic E-state index is -0.114. The van der Waals surface area contributed by atoms with Gasteiger partial charge in [-0.25, -0.2) is 4.98 Å². The van der Waals surface area contributed by atoms with E-state index in [1.165, 1.54) is 0 Å². The Morgan fingerprint density at radius 1 is 1.36 bits per heavy atom. The van der Waals surface area contributed by atoms with Crippen LogP contribution in [0.3, 0.4) is 0 Å². The van der Waals surface area contributed by atoms with Gasteiger partial charge in [0.1, 0.15) is 5.82 Å². The predicted molar refractivity (Wildman–Crippen MR) is 95.0 cm³/mol. The maximum absolute atomic E-state index is 12.8. The van der Waals surface area contributed by atoms with E-state index in [0.717, 1.165) is 29.2 Å². The summed E-state index contributed by atoms with van der Waals surface area (Å²) in [5.74, 6) is 0.834. The first kappa shape index (κ1) is 15.6. The van der Waals surface area contributed by atoms with Gasteiger partial charge in [0, 0.05) is 55.9 Å². The van der Waals surface area contributed by atoms with Crippen LogP contribution in [0.15, 0.2) is 49.1 Å². The molecular formula is C18H20N6O. The van der Waals surface area contributed by atoms with Crippen LogP contribution in [0.25, 0.3) is 11.4 Å². The third-order valence-corrected chi connectivity index (χ3v) is 4.61. The first-order chi connectivity index (χ1) is 12.2. The zero-order chi connectivity index (χ0) is 17.2. The Morgan fingerprint density at radius 2 is 2.28 bits per heavy atom. The number of carbonyl (C=O) groups excluding carboxylic acids is 1. The van der Waals surface area contributed by atoms with Gasteiger partial charge in [-0.3, -0.25) is 9.48 Å². The largest absolute Gasteiger partial charge is 0.345 e. The Labute approximate surface area is 145 Å². The molecule has 0 aliphatic carbocycles. The molecule has 7 nitrogen and oxygen atoms in total. The van der Waals surface area contributed by atoms with E-state index < -0.39 is 0 Å². The Kier molecular flexibility index (Phi) is 4.07. The molecule has 1 aromatic carbocycles. The molecule has 0 radical (unpaired) electrons. The van der Waals surface area contributed by atoms with Crippen LogP contribution in [0.4, 0.5) is 5.69 Å². The number of hydrogen-bond acceptors (Lipinski definition) is 4. The molecule has 2 atom stereocenters. The van der Waals surface area contributed by atoms with Crippen molar-refractivity contribution in [2.75, 3.05) is 18.4 Å². The van der Waals surface area contributed by atoms with E-state index in [1.807, 2.05) is 43.7 Å². The molecule has 1 fully saturated rings. The summed E-state index contributed by atoms with van der Waals surface area (Å²) in [5.41, 5.74) is 2.81. The van der Waals surface area contributed by atoms with Crippen molar-refractivity contribution in [1.82, 2.24) is 25.1 Å². The molecule has 0 saturated carbocycles. The predicted octanol–water partition coefficient (Wildman–Crippen LogP) is 1.75. The second kappa shape index (κ2) is 6.52. The van der Waals surface area contributed by atoms with Crippen LogP contribution in [-0.4, -0.2) is 38.7 Å². The molecule has 7 heteroatoms. The van der Waals surface area contributed by atoms with Crippen LogP contribution in [-0.2, 0) is 11.8 Å². The number of amides is 1. The SMILES string of the molecule is Cn1cc([C@H]2CNC[C@@H]2C(=O)Nc2cccc(-c3ncc[nH]3)c2)cn1. The summed E-state index contributed by atoms with van der Waals surface area (Å²) in [6, 6.07) is 7.70. The number of carbonyl (C=O) groups is 1. The minimum absolute atomic E-state index is 0.0236. The van der Waals surface area contributed by atoms with Crippen LogP contribution >= 0.6 is 0 Å². The minimum Gasteiger partial charge on any atom is -0.345 e. The number of imidazole rings is 1. The summed E-state index contributed by atoms with van der Waals surface area (Å²) in [7, 11) is 1.89. The molecule has 1 aliphatic rings. The molecule has 1 amide bonds. The highest BCUT2D eigenvalue weighted by Gasteiger charge is 2.34. The molecule has 3 heterocycles. The average Bonchev–Trinajstić information content (AvgIpc) is 3.36. The summed E-state index contributed by atoms with van der Waals surface area (Å²) in [5, 5.41) is 10.6. The topological polar surface area (TPSA) is 87.6 Å². The standard InChI is InChI=1S/C18H20N6O/c1-24-11-13(8-22-24)15-9-19-10-16(15)18(25)23-14-4-2-3-12(7-14)17-20-5-6-21-17/h2-8,11,15-16,19H,9-10H2,1H3,(H,20,21)(H,23,25)/t15-,16+/m1/s1. The van der Waals surface area contributed by atoms with Gasteiger partial charge in [-0.05, 0) is 17.7 Å². The van der Waals surface area contributed by atoms with Crippen molar-refractivity contribution in [1.29, 1.82) is 0 Å². The highest BCUT2D eigenvalue weighted by atomic mass is 16.1. The summed E-state index contributed by atoms with van der Waals surface area (Å²) in [4.78, 5) is 20.1. The Morgan fingerprint density at radius 3 is 3.04 bits per heavy atom. The number of rotatable bonds is 4. The zero-order valence-electron chi connectivity index (χ0n) is 13.9. The number of nitrogens with zero attached hydrogens (tertiary/aromatic N) is 3. The normalized spacial score (nSPS) is 19.9. The van der Waals surface area contributed by atoms with Gasteiger partial charge in [-0.1, -0.05) is 12.1 Å². The average molecular weight is 336 g/mol. The number of benzene rings is 1. The van der Waals surface area contributed by atoms with Gasteiger partial charge < -0.3 is 15.6 Å². The van der Waals surface area contributed by atoms with Crippen molar-refractivity contribution in [3.63, 3.8) is 0 Å². The van der Waals surface area contributed by atoms with Crippen LogP contribution in [0.1, 0.15) is 11.5 Å². The Hall–Kier alpha value is -2.93. The van der Waals surface area contributed by atoms with Crippen molar-refractivity contribution < 1.29 is 4.79 Å². The summed E-state index contributed by atoms with van der Waals surface area (Å²) >= 11 is 0. The Bertz CT molecular complexity index is 869. The molecule has 0 spiro atoms. The lowest BCUT2D eigenvalue weighted by Crippen LogP contribution is -2.28. The first-order valence-electron chi connectivity index (χ1n) is 8.30. The van der Waals surface area contributed by atoms with Crippen molar-refractivity contribution >= 4 is 11.6 Å². The summed E-state index contributed by atoms with van der Waals surface area (Å²) in [6.07, 6.45) is 7.32. The zero-order valence-corrected chi connectivity index (χ0v) is 13.9. The van der Waals surface area contributed by atoms with E-state index in [2.05, 4.69) is 25.7 Å². The molecule has 3 N–H and O–H groups in total. The molecule has 25 heavy (non-hydrogen) atoms. The summed E-state index contributed by atoms with van der Waals surface area (Å²) < 4.78 is 1.77. The number of anilines is 1. The number of hydrogen-bond donors (Lipinski definition) is 3. The van der Waals surface area contributed by atoms with Gasteiger partial charge in [-0.2, -0.15) is 5.10 Å². The van der Waals surface area contributed by atoms with E-state index in [1.54, 1.807) is 17.1 Å². The highest BCUT2D eigenvalue weighted by Crippen LogP contribution is 2.29. The smallest absolute Gasteiger partial charge is 0.229 e. The molecule has 4 rings (SSSR count). The number of nitrogens with one attached hydrogen (secondary N) is 3. The van der Waals surface area contributed by atoms with Gasteiger partial charge >= 0.3 is 0 Å². The van der Waals surface area contributed by atoms with Crippen molar-refractivity contribution in [3.05, 3.63) is 54.6 Å². The fourth-order valence-corrected chi connectivity index (χ4v) is 3.34. The lowest BCUT2D eigenvalue weighted by atomic mass is 9.90. The highest BCUT2D eigenvalue weighted by molar-refractivity contribution is 5.94. The maximum Gasteiger partial charge on any atom is 0.229 e. The van der Waals surface area contributed by atoms with Crippen molar-refractivity contribution in [2.45, 2.75) is 5.92 Å². The fraction of sp³-hybridized carbons (Fsp3) is 0.278. The molecular weight excluding hydrogens is 316 g/mol. The second-order valence-electron chi connectivity index (χ2n) is 6.33. The van der Waals surface area contributed by atoms with Gasteiger partial charge in [-0.15, -0.1) is 0 Å². The molecule has 2 aromatic heterocycles. The lowest BCUT2D eigenvalue weighted by molar-refractivity contribution is -0.119. The summed E-state index contributed by atoms with van der Waals surface area (Å²) in [6.45, 7) is 1.46. The van der Waals surface area contributed by atoms with E-state index in [9.17, 15) is 4.79 Å². The van der Waals surface area contributed by atoms with Crippen molar-refractivity contribution in [3.8, 4) is 11.4 Å². The molecule has 1 saturated heterocycles. The van der Waals surface area contributed by atoms with E-state index in [0.29, 0.717) is 6.54 Å². The molecule has 0 bridgehead atoms. The van der Waals surface area contributed by atoms with E-state index in [4.69, 9.17) is 0 Å². The van der Waals surface area contributed by atoms with Crippen LogP contribution in [0.5, 0.6) is 0 Å². The van der Waals surface area contributed by atoms with Gasteiger partial charge in [0.2, 0.25) is 5.91 Å². The number of aryl methyl sites for hydroxylation is 1. The number of aromatic amines is 1. The first-order valence-corrected chi connectivity index (χ1v) is 8.30.